The average Bonchev–Trinajstić information content (AvgIpc) is 2.33. The van der Waals surface area contributed by atoms with Crippen LogP contribution >= 0.6 is 0 Å². The second-order valence-electron chi connectivity index (χ2n) is 4.14. The van der Waals surface area contributed by atoms with Crippen molar-refractivity contribution in [3.05, 3.63) is 35.1 Å². The molecule has 0 fully saturated rings. The summed E-state index contributed by atoms with van der Waals surface area (Å²) >= 11 is 0. The highest BCUT2D eigenvalue weighted by atomic mass is 19.1. The summed E-state index contributed by atoms with van der Waals surface area (Å²) in [7, 11) is 0. The molecule has 3 N–H and O–H groups in total. The summed E-state index contributed by atoms with van der Waals surface area (Å²) in [5.41, 5.74) is 6.55. The molecule has 1 aromatic rings. The van der Waals surface area contributed by atoms with Crippen LogP contribution in [0.5, 0.6) is 0 Å². The summed E-state index contributed by atoms with van der Waals surface area (Å²) in [6.45, 7) is 4.19. The Bertz CT molecular complexity index is 410. The van der Waals surface area contributed by atoms with Gasteiger partial charge in [-0.1, -0.05) is 12.1 Å². The number of nitrogens with two attached hydrogens (primary N) is 1. The van der Waals surface area contributed by atoms with Crippen molar-refractivity contribution < 1.29 is 13.9 Å². The number of carbonyl (C=O) groups is 1. The molecule has 0 bridgehead atoms. The maximum Gasteiger partial charge on any atom is 0.246 e. The highest BCUT2D eigenvalue weighted by Gasteiger charge is 2.10. The zero-order valence-corrected chi connectivity index (χ0v) is 10.7. The van der Waals surface area contributed by atoms with E-state index in [1.807, 2.05) is 0 Å². The van der Waals surface area contributed by atoms with Gasteiger partial charge in [-0.2, -0.15) is 0 Å². The zero-order chi connectivity index (χ0) is 13.5. The predicted octanol–water partition coefficient (Wildman–Crippen LogP) is 1.29. The van der Waals surface area contributed by atoms with Crippen molar-refractivity contribution in [3.8, 4) is 0 Å². The monoisotopic (exact) mass is 254 g/mol. The maximum atomic E-state index is 13.4. The van der Waals surface area contributed by atoms with E-state index in [9.17, 15) is 9.18 Å². The van der Waals surface area contributed by atoms with Crippen LogP contribution in [0.15, 0.2) is 18.2 Å². The number of aryl methyl sites for hydroxylation is 1. The highest BCUT2D eigenvalue weighted by molar-refractivity contribution is 5.77. The first-order chi connectivity index (χ1) is 8.54. The van der Waals surface area contributed by atoms with E-state index in [1.165, 1.54) is 6.07 Å². The molecule has 0 spiro atoms. The molecule has 0 aliphatic carbocycles. The van der Waals surface area contributed by atoms with Gasteiger partial charge in [0.15, 0.2) is 0 Å². The molecule has 0 saturated carbocycles. The van der Waals surface area contributed by atoms with Gasteiger partial charge >= 0.3 is 0 Å². The van der Waals surface area contributed by atoms with E-state index in [0.717, 1.165) is 5.56 Å². The second kappa shape index (κ2) is 7.08. The molecule has 0 radical (unpaired) electrons. The zero-order valence-electron chi connectivity index (χ0n) is 10.7. The Morgan fingerprint density at radius 1 is 1.56 bits per heavy atom. The number of ether oxygens (including phenoxy) is 1. The first-order valence-corrected chi connectivity index (χ1v) is 5.87. The molecule has 1 aromatic carbocycles. The molecule has 0 aliphatic rings. The second-order valence-corrected chi connectivity index (χ2v) is 4.14. The van der Waals surface area contributed by atoms with Gasteiger partial charge in [-0.25, -0.2) is 4.39 Å². The first-order valence-electron chi connectivity index (χ1n) is 5.87. The predicted molar refractivity (Wildman–Crippen MR) is 67.6 cm³/mol. The largest absolute Gasteiger partial charge is 0.370 e. The van der Waals surface area contributed by atoms with Gasteiger partial charge in [0.2, 0.25) is 5.91 Å². The fourth-order valence-corrected chi connectivity index (χ4v) is 1.49. The Morgan fingerprint density at radius 3 is 2.89 bits per heavy atom. The fraction of sp³-hybridized carbons (Fsp3) is 0.462. The van der Waals surface area contributed by atoms with Crippen LogP contribution in [0.4, 0.5) is 4.39 Å². The Hall–Kier alpha value is -1.46. The molecular weight excluding hydrogens is 235 g/mol. The van der Waals surface area contributed by atoms with Crippen LogP contribution in [-0.2, 0) is 9.53 Å². The lowest BCUT2D eigenvalue weighted by Crippen LogP contribution is -2.31. The van der Waals surface area contributed by atoms with Gasteiger partial charge in [0.25, 0.3) is 0 Å². The topological polar surface area (TPSA) is 64.3 Å². The van der Waals surface area contributed by atoms with Gasteiger partial charge in [-0.05, 0) is 31.0 Å². The van der Waals surface area contributed by atoms with Gasteiger partial charge in [0.05, 0.1) is 12.6 Å². The molecule has 1 unspecified atom stereocenters. The summed E-state index contributed by atoms with van der Waals surface area (Å²) in [4.78, 5) is 11.5. The normalized spacial score (nSPS) is 12.2. The summed E-state index contributed by atoms with van der Waals surface area (Å²) in [6.07, 6.45) is 0. The third kappa shape index (κ3) is 4.43. The fourth-order valence-electron chi connectivity index (χ4n) is 1.49. The van der Waals surface area contributed by atoms with Crippen molar-refractivity contribution >= 4 is 5.91 Å². The number of hydrogen-bond donors (Lipinski definition) is 2. The van der Waals surface area contributed by atoms with E-state index in [0.29, 0.717) is 18.7 Å². The van der Waals surface area contributed by atoms with Crippen LogP contribution < -0.4 is 11.1 Å². The molecule has 5 heteroatoms. The maximum absolute atomic E-state index is 13.4. The van der Waals surface area contributed by atoms with E-state index in [-0.39, 0.29) is 24.4 Å². The lowest BCUT2D eigenvalue weighted by atomic mass is 10.1. The van der Waals surface area contributed by atoms with Gasteiger partial charge in [0, 0.05) is 6.54 Å². The van der Waals surface area contributed by atoms with Crippen LogP contribution in [0.1, 0.15) is 24.1 Å². The third-order valence-electron chi connectivity index (χ3n) is 2.57. The van der Waals surface area contributed by atoms with E-state index < -0.39 is 0 Å². The lowest BCUT2D eigenvalue weighted by Gasteiger charge is -2.15. The molecular formula is C13H19FN2O2. The van der Waals surface area contributed by atoms with E-state index in [2.05, 4.69) is 5.32 Å². The van der Waals surface area contributed by atoms with Crippen molar-refractivity contribution in [2.75, 3.05) is 19.8 Å². The molecule has 1 rings (SSSR count). The summed E-state index contributed by atoms with van der Waals surface area (Å²) < 4.78 is 18.4. The van der Waals surface area contributed by atoms with Gasteiger partial charge < -0.3 is 15.8 Å². The molecule has 0 aliphatic heterocycles. The van der Waals surface area contributed by atoms with Crippen molar-refractivity contribution in [1.29, 1.82) is 0 Å². The number of carbonyl (C=O) groups excluding carboxylic acids is 1. The van der Waals surface area contributed by atoms with Crippen LogP contribution in [0.25, 0.3) is 0 Å². The van der Waals surface area contributed by atoms with Gasteiger partial charge in [-0.15, -0.1) is 0 Å². The van der Waals surface area contributed by atoms with Gasteiger partial charge in [-0.3, -0.25) is 4.79 Å². The minimum Gasteiger partial charge on any atom is -0.370 e. The highest BCUT2D eigenvalue weighted by Crippen LogP contribution is 2.16. The van der Waals surface area contributed by atoms with Crippen LogP contribution in [0, 0.1) is 12.7 Å². The summed E-state index contributed by atoms with van der Waals surface area (Å²) in [6, 6.07) is 4.66. The summed E-state index contributed by atoms with van der Waals surface area (Å²) in [5, 5.41) is 2.73. The molecule has 4 nitrogen and oxygen atoms in total. The quantitative estimate of drug-likeness (QED) is 0.752. The number of benzene rings is 1. The van der Waals surface area contributed by atoms with E-state index in [1.54, 1.807) is 26.0 Å². The third-order valence-corrected chi connectivity index (χ3v) is 2.57. The van der Waals surface area contributed by atoms with Crippen molar-refractivity contribution in [2.45, 2.75) is 19.9 Å². The summed E-state index contributed by atoms with van der Waals surface area (Å²) in [5.74, 6) is -0.509. The minimum absolute atomic E-state index is 0.0319. The Kier molecular flexibility index (Phi) is 5.74. The molecule has 1 atom stereocenters. The molecule has 0 heterocycles. The SMILES string of the molecule is Cc1ccc(C(C)NC(=O)COCCN)cc1F. The molecule has 1 amide bonds. The van der Waals surface area contributed by atoms with Gasteiger partial charge in [0.1, 0.15) is 12.4 Å². The standard InChI is InChI=1S/C13H19FN2O2/c1-9-3-4-11(7-12(9)14)10(2)16-13(17)8-18-6-5-15/h3-4,7,10H,5-6,8,15H2,1-2H3,(H,16,17). The number of halogens is 1. The number of hydrogen-bond acceptors (Lipinski definition) is 3. The number of nitrogens with one attached hydrogen (secondary N) is 1. The Balaban J connectivity index is 2.51. The Morgan fingerprint density at radius 2 is 2.28 bits per heavy atom. The minimum atomic E-state index is -0.270. The molecule has 0 aromatic heterocycles. The van der Waals surface area contributed by atoms with Crippen molar-refractivity contribution in [1.82, 2.24) is 5.32 Å². The smallest absolute Gasteiger partial charge is 0.246 e. The molecule has 0 saturated heterocycles. The van der Waals surface area contributed by atoms with Crippen molar-refractivity contribution in [2.24, 2.45) is 5.73 Å². The molecule has 100 valence electrons. The average molecular weight is 254 g/mol. The van der Waals surface area contributed by atoms with E-state index >= 15 is 0 Å². The Labute approximate surface area is 106 Å². The van der Waals surface area contributed by atoms with Crippen molar-refractivity contribution in [3.63, 3.8) is 0 Å². The van der Waals surface area contributed by atoms with Crippen LogP contribution in [-0.4, -0.2) is 25.7 Å². The number of amides is 1. The number of rotatable bonds is 6. The van der Waals surface area contributed by atoms with Crippen LogP contribution in [0.3, 0.4) is 0 Å². The van der Waals surface area contributed by atoms with Crippen LogP contribution in [0.2, 0.25) is 0 Å². The molecule has 18 heavy (non-hydrogen) atoms. The first kappa shape index (κ1) is 14.6. The lowest BCUT2D eigenvalue weighted by molar-refractivity contribution is -0.126. The van der Waals surface area contributed by atoms with E-state index in [4.69, 9.17) is 10.5 Å².